The molecule has 1 aromatic carbocycles. The highest BCUT2D eigenvalue weighted by atomic mass is 16.5. The van der Waals surface area contributed by atoms with Crippen LogP contribution in [0.4, 0.5) is 0 Å². The lowest BCUT2D eigenvalue weighted by Gasteiger charge is -2.10. The lowest BCUT2D eigenvalue weighted by Crippen LogP contribution is -2.25. The fourth-order valence-electron chi connectivity index (χ4n) is 1.54. The molecule has 0 aliphatic rings. The van der Waals surface area contributed by atoms with Gasteiger partial charge in [0.05, 0.1) is 6.61 Å². The Morgan fingerprint density at radius 1 is 1.40 bits per heavy atom. The van der Waals surface area contributed by atoms with Gasteiger partial charge >= 0.3 is 0 Å². The van der Waals surface area contributed by atoms with Crippen LogP contribution in [0.1, 0.15) is 30.6 Å². The lowest BCUT2D eigenvalue weighted by atomic mass is 10.2. The molecule has 0 saturated heterocycles. The third-order valence-electron chi connectivity index (χ3n) is 2.75. The van der Waals surface area contributed by atoms with Gasteiger partial charge in [0.1, 0.15) is 5.75 Å². The van der Waals surface area contributed by atoms with E-state index in [1.165, 1.54) is 0 Å². The van der Waals surface area contributed by atoms with Gasteiger partial charge in [-0.15, -0.1) is 0 Å². The fraction of sp³-hybridized carbons (Fsp3) is 0.438. The van der Waals surface area contributed by atoms with Gasteiger partial charge in [-0.05, 0) is 24.1 Å². The van der Waals surface area contributed by atoms with Crippen LogP contribution in [0.5, 0.6) is 5.75 Å². The second-order valence-corrected chi connectivity index (χ2v) is 5.09. The molecule has 1 rings (SSSR count). The van der Waals surface area contributed by atoms with E-state index in [4.69, 9.17) is 4.74 Å². The van der Waals surface area contributed by atoms with Crippen molar-refractivity contribution in [3.63, 3.8) is 0 Å². The number of rotatable bonds is 8. The molecule has 20 heavy (non-hydrogen) atoms. The van der Waals surface area contributed by atoms with Crippen LogP contribution in [0.3, 0.4) is 0 Å². The Balaban J connectivity index is 2.51. The fourth-order valence-corrected chi connectivity index (χ4v) is 1.54. The zero-order chi connectivity index (χ0) is 15.0. The average Bonchev–Trinajstić information content (AvgIpc) is 2.45. The number of hydrogen-bond donors (Lipinski definition) is 2. The van der Waals surface area contributed by atoms with Crippen LogP contribution >= 0.6 is 0 Å². The molecule has 0 saturated carbocycles. The van der Waals surface area contributed by atoms with Gasteiger partial charge in [0.2, 0.25) is 0 Å². The van der Waals surface area contributed by atoms with Crippen LogP contribution in [0, 0.1) is 5.92 Å². The first-order valence-electron chi connectivity index (χ1n) is 6.89. The molecule has 1 amide bonds. The monoisotopic (exact) mass is 276 g/mol. The molecule has 1 aromatic rings. The smallest absolute Gasteiger partial charge is 0.251 e. The molecule has 4 heteroatoms. The molecule has 0 fully saturated rings. The number of benzene rings is 1. The summed E-state index contributed by atoms with van der Waals surface area (Å²) in [6.45, 7) is 9.20. The van der Waals surface area contributed by atoms with Crippen molar-refractivity contribution >= 4 is 5.91 Å². The summed E-state index contributed by atoms with van der Waals surface area (Å²) in [6, 6.07) is 7.24. The Hall–Kier alpha value is -1.97. The molecular weight excluding hydrogens is 252 g/mol. The second kappa shape index (κ2) is 8.25. The van der Waals surface area contributed by atoms with E-state index in [2.05, 4.69) is 31.1 Å². The van der Waals surface area contributed by atoms with E-state index in [1.807, 2.05) is 19.2 Å². The maximum Gasteiger partial charge on any atom is 0.251 e. The number of amides is 1. The summed E-state index contributed by atoms with van der Waals surface area (Å²) >= 11 is 0. The molecule has 0 atom stereocenters. The predicted octanol–water partition coefficient (Wildman–Crippen LogP) is 2.57. The third kappa shape index (κ3) is 5.78. The third-order valence-corrected chi connectivity index (χ3v) is 2.75. The molecule has 0 aromatic heterocycles. The topological polar surface area (TPSA) is 50.4 Å². The molecule has 110 valence electrons. The van der Waals surface area contributed by atoms with Crippen molar-refractivity contribution in [1.29, 1.82) is 0 Å². The highest BCUT2D eigenvalue weighted by Crippen LogP contribution is 2.14. The maximum absolute atomic E-state index is 12.0. The van der Waals surface area contributed by atoms with E-state index in [1.54, 1.807) is 12.1 Å². The standard InChI is InChI=1S/C16H24N2O2/c1-12(2)11-20-15-7-5-6-14(10-15)16(19)18-9-8-13(3)17-4/h5-7,10,12,17H,3,8-9,11H2,1-2,4H3,(H,18,19). The Morgan fingerprint density at radius 3 is 2.80 bits per heavy atom. The first-order chi connectivity index (χ1) is 9.52. The summed E-state index contributed by atoms with van der Waals surface area (Å²) in [5.74, 6) is 1.09. The summed E-state index contributed by atoms with van der Waals surface area (Å²) in [5, 5.41) is 5.81. The predicted molar refractivity (Wildman–Crippen MR) is 81.9 cm³/mol. The molecule has 0 unspecified atom stereocenters. The lowest BCUT2D eigenvalue weighted by molar-refractivity contribution is 0.0953. The minimum absolute atomic E-state index is 0.0936. The van der Waals surface area contributed by atoms with Crippen molar-refractivity contribution in [3.05, 3.63) is 42.1 Å². The number of nitrogens with one attached hydrogen (secondary N) is 2. The Bertz CT molecular complexity index is 456. The maximum atomic E-state index is 12.0. The Morgan fingerprint density at radius 2 is 2.15 bits per heavy atom. The van der Waals surface area contributed by atoms with Gasteiger partial charge in [-0.25, -0.2) is 0 Å². The van der Waals surface area contributed by atoms with E-state index in [0.717, 1.165) is 11.4 Å². The Labute approximate surface area is 121 Å². The SMILES string of the molecule is C=C(CCNC(=O)c1cccc(OCC(C)C)c1)NC. The number of hydrogen-bond acceptors (Lipinski definition) is 3. The molecule has 0 bridgehead atoms. The highest BCUT2D eigenvalue weighted by molar-refractivity contribution is 5.94. The van der Waals surface area contributed by atoms with Crippen molar-refractivity contribution in [2.75, 3.05) is 20.2 Å². The van der Waals surface area contributed by atoms with E-state index >= 15 is 0 Å². The van der Waals surface area contributed by atoms with Gasteiger partial charge in [-0.2, -0.15) is 0 Å². The molecule has 0 aliphatic carbocycles. The molecular formula is C16H24N2O2. The van der Waals surface area contributed by atoms with Crippen molar-refractivity contribution in [2.24, 2.45) is 5.92 Å². The minimum Gasteiger partial charge on any atom is -0.493 e. The zero-order valence-corrected chi connectivity index (χ0v) is 12.5. The van der Waals surface area contributed by atoms with Crippen LogP contribution < -0.4 is 15.4 Å². The number of carbonyl (C=O) groups excluding carboxylic acids is 1. The molecule has 0 radical (unpaired) electrons. The number of carbonyl (C=O) groups is 1. The Kier molecular flexibility index (Phi) is 6.64. The van der Waals surface area contributed by atoms with Gasteiger partial charge in [0.15, 0.2) is 0 Å². The molecule has 0 spiro atoms. The van der Waals surface area contributed by atoms with Crippen LogP contribution in [-0.4, -0.2) is 26.1 Å². The van der Waals surface area contributed by atoms with Crippen molar-refractivity contribution in [3.8, 4) is 5.75 Å². The molecule has 4 nitrogen and oxygen atoms in total. The van der Waals surface area contributed by atoms with E-state index in [-0.39, 0.29) is 5.91 Å². The largest absolute Gasteiger partial charge is 0.493 e. The quantitative estimate of drug-likeness (QED) is 0.767. The molecule has 2 N–H and O–H groups in total. The van der Waals surface area contributed by atoms with Gasteiger partial charge in [0.25, 0.3) is 5.91 Å². The molecule has 0 aliphatic heterocycles. The van der Waals surface area contributed by atoms with Gasteiger partial charge in [-0.1, -0.05) is 26.5 Å². The van der Waals surface area contributed by atoms with Crippen molar-refractivity contribution < 1.29 is 9.53 Å². The van der Waals surface area contributed by atoms with Crippen LogP contribution in [0.2, 0.25) is 0 Å². The second-order valence-electron chi connectivity index (χ2n) is 5.09. The average molecular weight is 276 g/mol. The van der Waals surface area contributed by atoms with Crippen molar-refractivity contribution in [2.45, 2.75) is 20.3 Å². The summed E-state index contributed by atoms with van der Waals surface area (Å²) < 4.78 is 5.61. The first kappa shape index (κ1) is 16.1. The summed E-state index contributed by atoms with van der Waals surface area (Å²) in [6.07, 6.45) is 0.714. The summed E-state index contributed by atoms with van der Waals surface area (Å²) in [4.78, 5) is 12.0. The van der Waals surface area contributed by atoms with Crippen molar-refractivity contribution in [1.82, 2.24) is 10.6 Å². The van der Waals surface area contributed by atoms with Crippen LogP contribution in [0.15, 0.2) is 36.5 Å². The van der Waals surface area contributed by atoms with Crippen LogP contribution in [0.25, 0.3) is 0 Å². The van der Waals surface area contributed by atoms with Crippen LogP contribution in [-0.2, 0) is 0 Å². The summed E-state index contributed by atoms with van der Waals surface area (Å²) in [7, 11) is 1.82. The van der Waals surface area contributed by atoms with E-state index in [0.29, 0.717) is 31.1 Å². The minimum atomic E-state index is -0.0936. The van der Waals surface area contributed by atoms with E-state index in [9.17, 15) is 4.79 Å². The van der Waals surface area contributed by atoms with Gasteiger partial charge in [0, 0.05) is 31.3 Å². The first-order valence-corrected chi connectivity index (χ1v) is 6.89. The highest BCUT2D eigenvalue weighted by Gasteiger charge is 2.06. The van der Waals surface area contributed by atoms with Gasteiger partial charge in [-0.3, -0.25) is 4.79 Å². The number of ether oxygens (including phenoxy) is 1. The zero-order valence-electron chi connectivity index (χ0n) is 12.5. The summed E-state index contributed by atoms with van der Waals surface area (Å²) in [5.41, 5.74) is 1.51. The normalized spacial score (nSPS) is 10.2. The van der Waals surface area contributed by atoms with E-state index < -0.39 is 0 Å². The molecule has 0 heterocycles. The van der Waals surface area contributed by atoms with Gasteiger partial charge < -0.3 is 15.4 Å².